The van der Waals surface area contributed by atoms with Gasteiger partial charge in [0, 0.05) is 17.0 Å². The van der Waals surface area contributed by atoms with Gasteiger partial charge in [0.15, 0.2) is 0 Å². The molecule has 0 radical (unpaired) electrons. The van der Waals surface area contributed by atoms with Crippen LogP contribution in [0.15, 0.2) is 47.5 Å². The Labute approximate surface area is 219 Å². The summed E-state index contributed by atoms with van der Waals surface area (Å²) in [6.07, 6.45) is -1.14. The number of hydrogen-bond donors (Lipinski definition) is 1. The lowest BCUT2D eigenvalue weighted by atomic mass is 9.93. The van der Waals surface area contributed by atoms with Crippen LogP contribution in [0.3, 0.4) is 0 Å². The molecule has 2 saturated heterocycles. The largest absolute Gasteiger partial charge is 0.416 e. The van der Waals surface area contributed by atoms with Crippen LogP contribution >= 0.6 is 23.4 Å². The highest BCUT2D eigenvalue weighted by atomic mass is 35.5. The maximum atomic E-state index is 13.8. The Balaban J connectivity index is 1.51. The summed E-state index contributed by atoms with van der Waals surface area (Å²) in [6, 6.07) is 8.65. The maximum absolute atomic E-state index is 13.8. The van der Waals surface area contributed by atoms with Crippen molar-refractivity contribution in [1.29, 1.82) is 0 Å². The lowest BCUT2D eigenvalue weighted by Crippen LogP contribution is -2.33. The number of nitrogens with zero attached hydrogens (tertiary/aromatic N) is 3. The van der Waals surface area contributed by atoms with Crippen molar-refractivity contribution in [2.75, 3.05) is 26.2 Å². The predicted octanol–water partition coefficient (Wildman–Crippen LogP) is 5.91. The lowest BCUT2D eigenvalue weighted by Gasteiger charge is -2.18. The third kappa shape index (κ3) is 5.54. The quantitative estimate of drug-likeness (QED) is 0.368. The van der Waals surface area contributed by atoms with E-state index in [9.17, 15) is 22.8 Å². The Hall–Kier alpha value is -2.86. The van der Waals surface area contributed by atoms with Gasteiger partial charge in [0.05, 0.1) is 28.8 Å². The van der Waals surface area contributed by atoms with E-state index in [1.54, 1.807) is 24.4 Å². The van der Waals surface area contributed by atoms with E-state index in [2.05, 4.69) is 15.1 Å². The van der Waals surface area contributed by atoms with Gasteiger partial charge >= 0.3 is 11.4 Å². The van der Waals surface area contributed by atoms with Crippen LogP contribution in [0, 0.1) is 0 Å². The van der Waals surface area contributed by atoms with Crippen LogP contribution in [0.1, 0.15) is 29.5 Å². The van der Waals surface area contributed by atoms with E-state index < -0.39 is 22.9 Å². The number of thioether (sulfide) groups is 1. The van der Waals surface area contributed by atoms with Crippen LogP contribution in [0.25, 0.3) is 16.5 Å². The Morgan fingerprint density at radius 1 is 1.14 bits per heavy atom. The summed E-state index contributed by atoms with van der Waals surface area (Å²) in [4.78, 5) is 33.8. The van der Waals surface area contributed by atoms with Gasteiger partial charge in [0.25, 0.3) is 5.91 Å². The molecule has 2 fully saturated rings. The minimum atomic E-state index is -4.65. The molecule has 1 N–H and O–H groups in total. The van der Waals surface area contributed by atoms with E-state index in [1.165, 1.54) is 12.1 Å². The molecule has 3 aromatic rings. The number of carbonyl (C=O) groups excluding carboxylic acids is 2. The van der Waals surface area contributed by atoms with Gasteiger partial charge in [-0.25, -0.2) is 0 Å². The van der Waals surface area contributed by atoms with Crippen molar-refractivity contribution in [1.82, 2.24) is 20.2 Å². The van der Waals surface area contributed by atoms with Crippen LogP contribution in [0.2, 0.25) is 5.02 Å². The van der Waals surface area contributed by atoms with Crippen LogP contribution in [0.5, 0.6) is 0 Å². The molecule has 2 amide bonds. The lowest BCUT2D eigenvalue weighted by molar-refractivity contribution is -0.160. The summed E-state index contributed by atoms with van der Waals surface area (Å²) in [5, 5.41) is 7.54. The molecule has 7 nitrogen and oxygen atoms in total. The molecule has 0 bridgehead atoms. The van der Waals surface area contributed by atoms with Crippen LogP contribution in [0.4, 0.5) is 18.0 Å². The predicted molar refractivity (Wildman–Crippen MR) is 135 cm³/mol. The zero-order valence-electron chi connectivity index (χ0n) is 19.5. The fourth-order valence-electron chi connectivity index (χ4n) is 4.52. The number of aromatic nitrogens is 2. The molecule has 2 aromatic carbocycles. The normalized spacial score (nSPS) is 18.4. The molecule has 3 heterocycles. The number of benzene rings is 2. The number of amides is 2. The number of carbonyl (C=O) groups is 2. The van der Waals surface area contributed by atoms with E-state index in [4.69, 9.17) is 16.4 Å². The summed E-state index contributed by atoms with van der Waals surface area (Å²) < 4.78 is 41.5. The smallest absolute Gasteiger partial charge is 0.301 e. The van der Waals surface area contributed by atoms with E-state index in [0.717, 1.165) is 37.5 Å². The molecule has 0 unspecified atom stereocenters. The summed E-state index contributed by atoms with van der Waals surface area (Å²) in [6.45, 7) is 2.60. The Kier molecular flexibility index (Phi) is 7.30. The molecule has 2 aliphatic rings. The fourth-order valence-corrected chi connectivity index (χ4v) is 5.57. The highest BCUT2D eigenvalue weighted by Crippen LogP contribution is 2.41. The highest BCUT2D eigenvalue weighted by Gasteiger charge is 2.40. The molecule has 5 rings (SSSR count). The molecule has 0 atom stereocenters. The van der Waals surface area contributed by atoms with E-state index in [1.807, 2.05) is 0 Å². The Bertz CT molecular complexity index is 1390. The standard InChI is InChI=1S/C25H22ClF3N4O3S/c26-18-5-3-16(20(13-18)25(27,28)29)12-19(15-4-6-21-17(11-15)14-30-31-21)22-23(34)33(24(35)37-22)36-10-9-32-7-1-2-8-32/h3-6,11,13-14H,1-2,7-10,12H2,(H,30,31)/b22-19-. The number of likely N-dealkylation sites (tertiary alicyclic amines) is 1. The van der Waals surface area contributed by atoms with Crippen molar-refractivity contribution in [3.8, 4) is 0 Å². The number of H-pyrrole nitrogens is 1. The molecule has 2 aliphatic heterocycles. The molecule has 0 aliphatic carbocycles. The molecule has 1 aromatic heterocycles. The first-order valence-electron chi connectivity index (χ1n) is 11.6. The number of fused-ring (bicyclic) bond motifs is 1. The first-order valence-corrected chi connectivity index (χ1v) is 12.8. The summed E-state index contributed by atoms with van der Waals surface area (Å²) in [7, 11) is 0. The summed E-state index contributed by atoms with van der Waals surface area (Å²) >= 11 is 6.52. The van der Waals surface area contributed by atoms with E-state index in [0.29, 0.717) is 34.3 Å². The number of hydroxylamine groups is 2. The van der Waals surface area contributed by atoms with Gasteiger partial charge in [0.2, 0.25) is 0 Å². The van der Waals surface area contributed by atoms with Gasteiger partial charge in [-0.15, -0.1) is 5.06 Å². The third-order valence-electron chi connectivity index (χ3n) is 6.37. The van der Waals surface area contributed by atoms with Crippen molar-refractivity contribution in [3.63, 3.8) is 0 Å². The number of halogens is 4. The second-order valence-corrected chi connectivity index (χ2v) is 10.2. The monoisotopic (exact) mass is 550 g/mol. The Morgan fingerprint density at radius 2 is 1.92 bits per heavy atom. The zero-order chi connectivity index (χ0) is 26.2. The fraction of sp³-hybridized carbons (Fsp3) is 0.320. The average Bonchev–Trinajstić information content (AvgIpc) is 3.60. The van der Waals surface area contributed by atoms with Gasteiger partial charge < -0.3 is 4.90 Å². The number of aromatic amines is 1. The average molecular weight is 551 g/mol. The number of hydrogen-bond acceptors (Lipinski definition) is 6. The van der Waals surface area contributed by atoms with Crippen LogP contribution in [-0.4, -0.2) is 57.5 Å². The topological polar surface area (TPSA) is 78.5 Å². The van der Waals surface area contributed by atoms with Gasteiger partial charge in [0.1, 0.15) is 0 Å². The zero-order valence-corrected chi connectivity index (χ0v) is 21.1. The molecule has 37 heavy (non-hydrogen) atoms. The number of rotatable bonds is 7. The summed E-state index contributed by atoms with van der Waals surface area (Å²) in [5.74, 6) is -0.693. The third-order valence-corrected chi connectivity index (χ3v) is 7.57. The molecular weight excluding hydrogens is 529 g/mol. The van der Waals surface area contributed by atoms with Crippen LogP contribution in [-0.2, 0) is 22.2 Å². The van der Waals surface area contributed by atoms with Gasteiger partial charge in [-0.05, 0) is 85.1 Å². The number of alkyl halides is 3. The van der Waals surface area contributed by atoms with Crippen molar-refractivity contribution >= 4 is 51.0 Å². The molecular formula is C25H22ClF3N4O3S. The van der Waals surface area contributed by atoms with Gasteiger partial charge in [-0.3, -0.25) is 19.5 Å². The number of allylic oxidation sites excluding steroid dienone is 1. The van der Waals surface area contributed by atoms with E-state index in [-0.39, 0.29) is 34.1 Å². The second-order valence-electron chi connectivity index (χ2n) is 8.81. The second kappa shape index (κ2) is 10.5. The molecule has 12 heteroatoms. The number of imide groups is 1. The maximum Gasteiger partial charge on any atom is 0.416 e. The minimum Gasteiger partial charge on any atom is -0.301 e. The minimum absolute atomic E-state index is 0.0251. The molecule has 0 spiro atoms. The van der Waals surface area contributed by atoms with Crippen molar-refractivity contribution in [2.45, 2.75) is 25.4 Å². The van der Waals surface area contributed by atoms with Crippen molar-refractivity contribution in [2.24, 2.45) is 0 Å². The Morgan fingerprint density at radius 3 is 2.68 bits per heavy atom. The molecule has 0 saturated carbocycles. The molecule has 194 valence electrons. The SMILES string of the molecule is O=C1S/C(=C(/Cc2ccc(Cl)cc2C(F)(F)F)c2ccc3[nH]ncc3c2)C(=O)N1OCCN1CCCC1. The van der Waals surface area contributed by atoms with Crippen molar-refractivity contribution < 1.29 is 27.6 Å². The number of nitrogens with one attached hydrogen (secondary N) is 1. The summed E-state index contributed by atoms with van der Waals surface area (Å²) in [5.41, 5.74) is 0.539. The van der Waals surface area contributed by atoms with Gasteiger partial charge in [-0.1, -0.05) is 23.7 Å². The van der Waals surface area contributed by atoms with E-state index >= 15 is 0 Å². The van der Waals surface area contributed by atoms with Crippen molar-refractivity contribution in [3.05, 3.63) is 69.2 Å². The first-order chi connectivity index (χ1) is 17.7. The van der Waals surface area contributed by atoms with Gasteiger partial charge in [-0.2, -0.15) is 18.3 Å². The van der Waals surface area contributed by atoms with Crippen LogP contribution < -0.4 is 0 Å². The first kappa shape index (κ1) is 25.8. The highest BCUT2D eigenvalue weighted by molar-refractivity contribution is 8.18.